The number of carbonyl (C=O) groups excluding carboxylic acids is 1. The number of carbonyl (C=O) groups is 1. The average Bonchev–Trinajstić information content (AvgIpc) is 3.19. The van der Waals surface area contributed by atoms with Crippen LogP contribution in [0.5, 0.6) is 0 Å². The van der Waals surface area contributed by atoms with Crippen LogP contribution in [0, 0.1) is 46.3 Å². The summed E-state index contributed by atoms with van der Waals surface area (Å²) in [5.41, 5.74) is 0.942. The van der Waals surface area contributed by atoms with Gasteiger partial charge in [0.1, 0.15) is 0 Å². The summed E-state index contributed by atoms with van der Waals surface area (Å²) in [5, 5.41) is 0. The number of unbranched alkanes of at least 4 members (excludes halogenated alkanes) is 1. The van der Waals surface area contributed by atoms with Crippen molar-refractivity contribution in [2.24, 2.45) is 46.3 Å². The van der Waals surface area contributed by atoms with Gasteiger partial charge < -0.3 is 4.74 Å². The lowest BCUT2D eigenvalue weighted by Gasteiger charge is -2.57. The lowest BCUT2D eigenvalue weighted by molar-refractivity contribution is -0.140. The Balaban J connectivity index is 0.00000258. The predicted octanol–water partition coefficient (Wildman–Crippen LogP) is 10.3. The number of esters is 1. The molecule has 0 aliphatic heterocycles. The summed E-state index contributed by atoms with van der Waals surface area (Å²) < 4.78 is 4.88. The minimum absolute atomic E-state index is 0.0421. The fourth-order valence-electron chi connectivity index (χ4n) is 7.67. The van der Waals surface area contributed by atoms with Gasteiger partial charge in [0, 0.05) is 6.42 Å². The Labute approximate surface area is 215 Å². The molecule has 2 rings (SSSR count). The van der Waals surface area contributed by atoms with Gasteiger partial charge in [-0.3, -0.25) is 4.79 Å². The highest BCUT2D eigenvalue weighted by Crippen LogP contribution is 2.65. The van der Waals surface area contributed by atoms with Crippen molar-refractivity contribution in [2.45, 2.75) is 147 Å². The zero-order valence-electron chi connectivity index (χ0n) is 25.6. The molecular formula is C32H64O2. The number of methoxy groups -OCH3 is 1. The van der Waals surface area contributed by atoms with Crippen molar-refractivity contribution in [3.63, 3.8) is 0 Å². The van der Waals surface area contributed by atoms with Crippen molar-refractivity contribution in [1.82, 2.24) is 0 Å². The highest BCUT2D eigenvalue weighted by atomic mass is 16.5. The van der Waals surface area contributed by atoms with E-state index < -0.39 is 0 Å². The highest BCUT2D eigenvalue weighted by Gasteiger charge is 2.57. The van der Waals surface area contributed by atoms with Crippen LogP contribution in [0.3, 0.4) is 0 Å². The van der Waals surface area contributed by atoms with Crippen LogP contribution in [0.1, 0.15) is 147 Å². The summed E-state index contributed by atoms with van der Waals surface area (Å²) >= 11 is 0. The predicted molar refractivity (Wildman–Crippen MR) is 151 cm³/mol. The van der Waals surface area contributed by atoms with Crippen LogP contribution < -0.4 is 0 Å². The molecule has 34 heavy (non-hydrogen) atoms. The van der Waals surface area contributed by atoms with Gasteiger partial charge in [-0.2, -0.15) is 0 Å². The van der Waals surface area contributed by atoms with Crippen molar-refractivity contribution >= 4 is 5.97 Å². The van der Waals surface area contributed by atoms with E-state index in [-0.39, 0.29) is 5.97 Å². The second kappa shape index (κ2) is 16.3. The van der Waals surface area contributed by atoms with Crippen LogP contribution in [-0.2, 0) is 9.53 Å². The van der Waals surface area contributed by atoms with E-state index in [4.69, 9.17) is 4.74 Å². The molecule has 2 aliphatic rings. The van der Waals surface area contributed by atoms with Gasteiger partial charge in [0.05, 0.1) is 7.11 Å². The SMILES string of the molecule is CC.CC.CCCCC(C)(C(C)C)C1CCC2(C)C(CC[C@@H]2CCCC(=O)OC)C1C(C)CC. The van der Waals surface area contributed by atoms with E-state index in [1.54, 1.807) is 0 Å². The van der Waals surface area contributed by atoms with Crippen LogP contribution in [0.15, 0.2) is 0 Å². The number of rotatable bonds is 11. The summed E-state index contributed by atoms with van der Waals surface area (Å²) in [5.74, 6) is 4.92. The van der Waals surface area contributed by atoms with Gasteiger partial charge in [-0.25, -0.2) is 0 Å². The Hall–Kier alpha value is -0.530. The fourth-order valence-corrected chi connectivity index (χ4v) is 7.67. The van der Waals surface area contributed by atoms with Gasteiger partial charge in [-0.1, -0.05) is 95.4 Å². The summed E-state index contributed by atoms with van der Waals surface area (Å²) in [4.78, 5) is 11.6. The molecule has 7 atom stereocenters. The lowest BCUT2D eigenvalue weighted by atomic mass is 9.48. The van der Waals surface area contributed by atoms with Gasteiger partial charge in [-0.15, -0.1) is 0 Å². The largest absolute Gasteiger partial charge is 0.469 e. The maximum atomic E-state index is 11.6. The van der Waals surface area contributed by atoms with E-state index in [0.717, 1.165) is 41.9 Å². The van der Waals surface area contributed by atoms with Crippen molar-refractivity contribution < 1.29 is 9.53 Å². The third-order valence-corrected chi connectivity index (χ3v) is 10.2. The summed E-state index contributed by atoms with van der Waals surface area (Å²) in [6, 6.07) is 0. The van der Waals surface area contributed by atoms with Gasteiger partial charge in [0.2, 0.25) is 0 Å². The Kier molecular flexibility index (Phi) is 16.0. The standard InChI is InChI=1S/C28H52O2.2C2H6/c1-9-11-18-27(6,20(3)4)24-17-19-28(7)22(13-12-14-25(29)30-8)15-16-23(28)26(24)21(5)10-2;2*1-2/h20-24,26H,9-19H2,1-8H3;2*1-2H3/t21?,22-,23?,24?,26?,27?,28?;;/m0../s1. The van der Waals surface area contributed by atoms with Crippen LogP contribution in [0.2, 0.25) is 0 Å². The molecule has 6 unspecified atom stereocenters. The third-order valence-electron chi connectivity index (χ3n) is 10.2. The Morgan fingerprint density at radius 1 is 1.03 bits per heavy atom. The van der Waals surface area contributed by atoms with E-state index >= 15 is 0 Å². The molecule has 0 spiro atoms. The smallest absolute Gasteiger partial charge is 0.305 e. The molecule has 204 valence electrons. The van der Waals surface area contributed by atoms with Crippen LogP contribution in [-0.4, -0.2) is 13.1 Å². The molecule has 0 radical (unpaired) electrons. The summed E-state index contributed by atoms with van der Waals surface area (Å²) in [6.45, 7) is 25.5. The zero-order chi connectivity index (χ0) is 26.5. The van der Waals surface area contributed by atoms with E-state index in [9.17, 15) is 4.79 Å². The first-order valence-corrected chi connectivity index (χ1v) is 15.2. The maximum Gasteiger partial charge on any atom is 0.305 e. The van der Waals surface area contributed by atoms with Crippen LogP contribution in [0.4, 0.5) is 0 Å². The van der Waals surface area contributed by atoms with Crippen LogP contribution in [0.25, 0.3) is 0 Å². The first-order chi connectivity index (χ1) is 16.2. The van der Waals surface area contributed by atoms with E-state index in [1.165, 1.54) is 64.9 Å². The number of fused-ring (bicyclic) bond motifs is 1. The summed E-state index contributed by atoms with van der Waals surface area (Å²) in [6.07, 6.45) is 13.8. The molecule has 2 fully saturated rings. The molecule has 2 saturated carbocycles. The molecule has 0 N–H and O–H groups in total. The molecule has 0 amide bonds. The zero-order valence-corrected chi connectivity index (χ0v) is 25.6. The van der Waals surface area contributed by atoms with Gasteiger partial charge in [0.25, 0.3) is 0 Å². The molecule has 0 bridgehead atoms. The second-order valence-electron chi connectivity index (χ2n) is 11.7. The molecule has 0 aromatic heterocycles. The van der Waals surface area contributed by atoms with Crippen molar-refractivity contribution in [2.75, 3.05) is 7.11 Å². The maximum absolute atomic E-state index is 11.6. The fraction of sp³-hybridized carbons (Fsp3) is 0.969. The minimum atomic E-state index is -0.0421. The molecule has 0 saturated heterocycles. The molecule has 2 aliphatic carbocycles. The van der Waals surface area contributed by atoms with Crippen molar-refractivity contribution in [3.8, 4) is 0 Å². The molecule has 0 aromatic rings. The molecule has 0 heterocycles. The van der Waals surface area contributed by atoms with Gasteiger partial charge in [-0.05, 0) is 91.3 Å². The van der Waals surface area contributed by atoms with E-state index in [1.807, 2.05) is 27.7 Å². The molecule has 2 heteroatoms. The van der Waals surface area contributed by atoms with Crippen LogP contribution >= 0.6 is 0 Å². The normalized spacial score (nSPS) is 30.7. The van der Waals surface area contributed by atoms with E-state index in [2.05, 4.69) is 48.5 Å². The molecular weight excluding hydrogens is 416 g/mol. The first-order valence-electron chi connectivity index (χ1n) is 15.2. The monoisotopic (exact) mass is 480 g/mol. The van der Waals surface area contributed by atoms with E-state index in [0.29, 0.717) is 17.3 Å². The van der Waals surface area contributed by atoms with Crippen molar-refractivity contribution in [1.29, 1.82) is 0 Å². The summed E-state index contributed by atoms with van der Waals surface area (Å²) in [7, 11) is 1.51. The molecule has 2 nitrogen and oxygen atoms in total. The average molecular weight is 481 g/mol. The van der Waals surface area contributed by atoms with Gasteiger partial charge >= 0.3 is 5.97 Å². The molecule has 0 aromatic carbocycles. The third kappa shape index (κ3) is 7.73. The number of ether oxygens (including phenoxy) is 1. The Morgan fingerprint density at radius 3 is 2.15 bits per heavy atom. The quantitative estimate of drug-likeness (QED) is 0.275. The minimum Gasteiger partial charge on any atom is -0.469 e. The lowest BCUT2D eigenvalue weighted by Crippen LogP contribution is -2.50. The highest BCUT2D eigenvalue weighted by molar-refractivity contribution is 5.68. The Morgan fingerprint density at radius 2 is 1.65 bits per heavy atom. The van der Waals surface area contributed by atoms with Crippen molar-refractivity contribution in [3.05, 3.63) is 0 Å². The topological polar surface area (TPSA) is 26.3 Å². The Bertz CT molecular complexity index is 541. The number of hydrogen-bond donors (Lipinski definition) is 0. The van der Waals surface area contributed by atoms with Gasteiger partial charge in [0.15, 0.2) is 0 Å². The number of hydrogen-bond acceptors (Lipinski definition) is 2. The second-order valence-corrected chi connectivity index (χ2v) is 11.7. The first kappa shape index (κ1) is 33.5.